The molecule has 0 fully saturated rings. The van der Waals surface area contributed by atoms with Gasteiger partial charge in [0.15, 0.2) is 0 Å². The number of hydrogen-bond donors (Lipinski definition) is 3. The standard InChI is InChI=1S/C19H18F3N3O3/c1-11(26)24-14-7-4-6-13(9-14)18(28)25-16(17(23)27)10-12-5-2-3-8-15(12)19(20,21)22/h2-9,16H,10H2,1H3,(H2,23,27)(H,24,26)(H,25,28)/t16-/m1/s1. The first-order chi connectivity index (χ1) is 13.1. The van der Waals surface area contributed by atoms with Crippen LogP contribution in [0.3, 0.4) is 0 Å². The maximum atomic E-state index is 13.1. The van der Waals surface area contributed by atoms with Gasteiger partial charge in [-0.2, -0.15) is 13.2 Å². The van der Waals surface area contributed by atoms with Gasteiger partial charge in [0.2, 0.25) is 11.8 Å². The lowest BCUT2D eigenvalue weighted by molar-refractivity contribution is -0.138. The van der Waals surface area contributed by atoms with Crippen molar-refractivity contribution in [3.05, 3.63) is 65.2 Å². The van der Waals surface area contributed by atoms with Crippen molar-refractivity contribution in [1.82, 2.24) is 5.32 Å². The van der Waals surface area contributed by atoms with Gasteiger partial charge in [-0.15, -0.1) is 0 Å². The van der Waals surface area contributed by atoms with E-state index in [0.717, 1.165) is 6.07 Å². The zero-order valence-electron chi connectivity index (χ0n) is 14.8. The summed E-state index contributed by atoms with van der Waals surface area (Å²) in [6, 6.07) is 9.29. The fraction of sp³-hybridized carbons (Fsp3) is 0.211. The molecule has 0 bridgehead atoms. The van der Waals surface area contributed by atoms with E-state index in [9.17, 15) is 27.6 Å². The van der Waals surface area contributed by atoms with Gasteiger partial charge in [-0.1, -0.05) is 24.3 Å². The molecule has 28 heavy (non-hydrogen) atoms. The molecule has 2 aromatic carbocycles. The van der Waals surface area contributed by atoms with Crippen LogP contribution >= 0.6 is 0 Å². The quantitative estimate of drug-likeness (QED) is 0.703. The number of primary amides is 1. The Balaban J connectivity index is 2.22. The van der Waals surface area contributed by atoms with Gasteiger partial charge >= 0.3 is 6.18 Å². The van der Waals surface area contributed by atoms with Crippen LogP contribution in [0.2, 0.25) is 0 Å². The smallest absolute Gasteiger partial charge is 0.368 e. The van der Waals surface area contributed by atoms with Crippen LogP contribution < -0.4 is 16.4 Å². The summed E-state index contributed by atoms with van der Waals surface area (Å²) in [5.74, 6) is -2.01. The Labute approximate surface area is 158 Å². The molecule has 9 heteroatoms. The molecule has 0 aromatic heterocycles. The molecule has 2 rings (SSSR count). The molecule has 148 valence electrons. The summed E-state index contributed by atoms with van der Waals surface area (Å²) in [5, 5.41) is 4.85. The zero-order valence-corrected chi connectivity index (χ0v) is 14.8. The number of nitrogens with one attached hydrogen (secondary N) is 2. The average molecular weight is 393 g/mol. The Kier molecular flexibility index (Phi) is 6.40. The monoisotopic (exact) mass is 393 g/mol. The summed E-state index contributed by atoms with van der Waals surface area (Å²) in [6.45, 7) is 1.30. The molecule has 3 amide bonds. The van der Waals surface area contributed by atoms with Crippen molar-refractivity contribution in [2.24, 2.45) is 5.73 Å². The highest BCUT2D eigenvalue weighted by molar-refractivity contribution is 5.99. The third kappa shape index (κ3) is 5.57. The summed E-state index contributed by atoms with van der Waals surface area (Å²) in [4.78, 5) is 35.2. The first kappa shape index (κ1) is 20.9. The number of benzene rings is 2. The van der Waals surface area contributed by atoms with Crippen LogP contribution in [0.15, 0.2) is 48.5 Å². The van der Waals surface area contributed by atoms with E-state index in [1.807, 2.05) is 0 Å². The van der Waals surface area contributed by atoms with Gasteiger partial charge in [-0.05, 0) is 29.8 Å². The van der Waals surface area contributed by atoms with Crippen molar-refractivity contribution >= 4 is 23.4 Å². The molecule has 0 unspecified atom stereocenters. The van der Waals surface area contributed by atoms with Crippen molar-refractivity contribution in [3.8, 4) is 0 Å². The van der Waals surface area contributed by atoms with Gasteiger partial charge in [0.1, 0.15) is 6.04 Å². The molecule has 0 saturated carbocycles. The van der Waals surface area contributed by atoms with E-state index in [0.29, 0.717) is 5.69 Å². The number of amides is 3. The number of rotatable bonds is 6. The predicted octanol–water partition coefficient (Wildman–Crippen LogP) is 2.49. The van der Waals surface area contributed by atoms with Crippen LogP contribution in [0.4, 0.5) is 18.9 Å². The lowest BCUT2D eigenvalue weighted by atomic mass is 9.99. The second-order valence-corrected chi connectivity index (χ2v) is 6.05. The van der Waals surface area contributed by atoms with Gasteiger partial charge in [0.25, 0.3) is 5.91 Å². The molecule has 0 aliphatic heterocycles. The summed E-state index contributed by atoms with van der Waals surface area (Å²) in [5.41, 5.74) is 4.69. The minimum Gasteiger partial charge on any atom is -0.368 e. The number of alkyl halides is 3. The van der Waals surface area contributed by atoms with E-state index in [1.54, 1.807) is 6.07 Å². The molecular formula is C19H18F3N3O3. The Morgan fingerprint density at radius 1 is 1.07 bits per heavy atom. The molecule has 1 atom stereocenters. The van der Waals surface area contributed by atoms with Gasteiger partial charge in [0.05, 0.1) is 5.56 Å². The Morgan fingerprint density at radius 3 is 2.36 bits per heavy atom. The third-order valence-corrected chi connectivity index (χ3v) is 3.84. The van der Waals surface area contributed by atoms with E-state index in [2.05, 4.69) is 10.6 Å². The summed E-state index contributed by atoms with van der Waals surface area (Å²) in [6.07, 6.45) is -5.02. The Bertz CT molecular complexity index is 897. The summed E-state index contributed by atoms with van der Waals surface area (Å²) in [7, 11) is 0. The second kappa shape index (κ2) is 8.55. The van der Waals surface area contributed by atoms with Crippen molar-refractivity contribution in [1.29, 1.82) is 0 Å². The number of hydrogen-bond acceptors (Lipinski definition) is 3. The van der Waals surface area contributed by atoms with Crippen molar-refractivity contribution in [3.63, 3.8) is 0 Å². The molecule has 0 spiro atoms. The highest BCUT2D eigenvalue weighted by Gasteiger charge is 2.34. The van der Waals surface area contributed by atoms with E-state index in [-0.39, 0.29) is 17.0 Å². The largest absolute Gasteiger partial charge is 0.416 e. The van der Waals surface area contributed by atoms with E-state index < -0.39 is 36.0 Å². The number of carbonyl (C=O) groups is 3. The first-order valence-electron chi connectivity index (χ1n) is 8.21. The van der Waals surface area contributed by atoms with Crippen molar-refractivity contribution < 1.29 is 27.6 Å². The highest BCUT2D eigenvalue weighted by Crippen LogP contribution is 2.32. The van der Waals surface area contributed by atoms with Crippen molar-refractivity contribution in [2.75, 3.05) is 5.32 Å². The second-order valence-electron chi connectivity index (χ2n) is 6.05. The van der Waals surface area contributed by atoms with Crippen LogP contribution in [0, 0.1) is 0 Å². The SMILES string of the molecule is CC(=O)Nc1cccc(C(=O)N[C@H](Cc2ccccc2C(F)(F)F)C(N)=O)c1. The number of carbonyl (C=O) groups excluding carboxylic acids is 3. The lowest BCUT2D eigenvalue weighted by Crippen LogP contribution is -2.46. The molecule has 0 aliphatic rings. The Hall–Kier alpha value is -3.36. The minimum absolute atomic E-state index is 0.113. The number of nitrogens with two attached hydrogens (primary N) is 1. The minimum atomic E-state index is -4.60. The molecule has 4 N–H and O–H groups in total. The van der Waals surface area contributed by atoms with E-state index >= 15 is 0 Å². The van der Waals surface area contributed by atoms with Crippen LogP contribution in [-0.2, 0) is 22.2 Å². The maximum Gasteiger partial charge on any atom is 0.416 e. The van der Waals surface area contributed by atoms with Crippen LogP contribution in [-0.4, -0.2) is 23.8 Å². The van der Waals surface area contributed by atoms with Crippen LogP contribution in [0.5, 0.6) is 0 Å². The molecule has 0 aliphatic carbocycles. The summed E-state index contributed by atoms with van der Waals surface area (Å²) < 4.78 is 39.4. The Morgan fingerprint density at radius 2 is 1.75 bits per heavy atom. The average Bonchev–Trinajstić information content (AvgIpc) is 2.60. The predicted molar refractivity (Wildman–Crippen MR) is 96.3 cm³/mol. The van der Waals surface area contributed by atoms with Gasteiger partial charge in [0, 0.05) is 24.6 Å². The molecular weight excluding hydrogens is 375 g/mol. The maximum absolute atomic E-state index is 13.1. The third-order valence-electron chi connectivity index (χ3n) is 3.84. The number of anilines is 1. The van der Waals surface area contributed by atoms with Gasteiger partial charge in [-0.25, -0.2) is 0 Å². The fourth-order valence-electron chi connectivity index (χ4n) is 2.60. The number of halogens is 3. The normalized spacial score (nSPS) is 12.1. The topological polar surface area (TPSA) is 101 Å². The summed E-state index contributed by atoms with van der Waals surface area (Å²) >= 11 is 0. The van der Waals surface area contributed by atoms with Gasteiger partial charge in [-0.3, -0.25) is 14.4 Å². The van der Waals surface area contributed by atoms with Crippen LogP contribution in [0.1, 0.15) is 28.4 Å². The molecule has 6 nitrogen and oxygen atoms in total. The van der Waals surface area contributed by atoms with Gasteiger partial charge < -0.3 is 16.4 Å². The first-order valence-corrected chi connectivity index (χ1v) is 8.21. The zero-order chi connectivity index (χ0) is 20.9. The lowest BCUT2D eigenvalue weighted by Gasteiger charge is -2.19. The van der Waals surface area contributed by atoms with E-state index in [1.165, 1.54) is 43.3 Å². The fourth-order valence-corrected chi connectivity index (χ4v) is 2.60. The van der Waals surface area contributed by atoms with Crippen LogP contribution in [0.25, 0.3) is 0 Å². The molecule has 0 heterocycles. The van der Waals surface area contributed by atoms with Crippen molar-refractivity contribution in [2.45, 2.75) is 25.6 Å². The highest BCUT2D eigenvalue weighted by atomic mass is 19.4. The van der Waals surface area contributed by atoms with E-state index in [4.69, 9.17) is 5.73 Å². The molecule has 0 radical (unpaired) electrons. The molecule has 2 aromatic rings. The molecule has 0 saturated heterocycles.